The van der Waals surface area contributed by atoms with Gasteiger partial charge in [0.2, 0.25) is 0 Å². The summed E-state index contributed by atoms with van der Waals surface area (Å²) < 4.78 is 0. The van der Waals surface area contributed by atoms with Crippen molar-refractivity contribution in [1.82, 2.24) is 9.88 Å². The Kier molecular flexibility index (Phi) is 3.77. The molecule has 5 nitrogen and oxygen atoms in total. The third-order valence-corrected chi connectivity index (χ3v) is 5.51. The van der Waals surface area contributed by atoms with E-state index < -0.39 is 0 Å². The molecule has 2 atom stereocenters. The highest BCUT2D eigenvalue weighted by atomic mass is 35.5. The van der Waals surface area contributed by atoms with E-state index in [1.54, 1.807) is 24.4 Å². The van der Waals surface area contributed by atoms with Crippen molar-refractivity contribution in [3.8, 4) is 0 Å². The van der Waals surface area contributed by atoms with Crippen LogP contribution in [0.5, 0.6) is 0 Å². The Labute approximate surface area is 149 Å². The van der Waals surface area contributed by atoms with Crippen molar-refractivity contribution in [2.45, 2.75) is 31.3 Å². The summed E-state index contributed by atoms with van der Waals surface area (Å²) in [4.78, 5) is 18.9. The number of nitrogen functional groups attached to an aromatic ring is 1. The van der Waals surface area contributed by atoms with E-state index in [1.165, 1.54) is 5.56 Å². The summed E-state index contributed by atoms with van der Waals surface area (Å²) in [7, 11) is 0. The smallest absolute Gasteiger partial charge is 0.322 e. The van der Waals surface area contributed by atoms with Gasteiger partial charge < -0.3 is 16.0 Å². The molecule has 0 aliphatic carbocycles. The molecule has 1 saturated heterocycles. The molecule has 0 spiro atoms. The fourth-order valence-electron chi connectivity index (χ4n) is 3.71. The van der Waals surface area contributed by atoms with Crippen molar-refractivity contribution in [1.29, 1.82) is 0 Å². The van der Waals surface area contributed by atoms with Gasteiger partial charge in [-0.3, -0.25) is 0 Å². The molecule has 2 aliphatic heterocycles. The van der Waals surface area contributed by atoms with Gasteiger partial charge in [-0.25, -0.2) is 9.78 Å². The number of aromatic nitrogens is 1. The number of anilines is 2. The van der Waals surface area contributed by atoms with Crippen LogP contribution in [0.1, 0.15) is 30.0 Å². The van der Waals surface area contributed by atoms with Gasteiger partial charge >= 0.3 is 6.03 Å². The molecule has 0 radical (unpaired) electrons. The molecule has 7 heteroatoms. The van der Waals surface area contributed by atoms with Gasteiger partial charge in [-0.05, 0) is 54.7 Å². The molecule has 3 N–H and O–H groups in total. The van der Waals surface area contributed by atoms with Gasteiger partial charge in [-0.2, -0.15) is 0 Å². The number of rotatable bonds is 1. The van der Waals surface area contributed by atoms with Crippen molar-refractivity contribution in [2.24, 2.45) is 0 Å². The summed E-state index contributed by atoms with van der Waals surface area (Å²) in [6.45, 7) is 0. The third-order valence-electron chi connectivity index (χ3n) is 4.77. The van der Waals surface area contributed by atoms with Crippen molar-refractivity contribution in [2.75, 3.05) is 11.1 Å². The number of nitrogens with zero attached hydrogens (tertiary/aromatic N) is 2. The number of urea groups is 1. The van der Waals surface area contributed by atoms with Crippen molar-refractivity contribution in [3.63, 3.8) is 0 Å². The van der Waals surface area contributed by atoms with Crippen LogP contribution in [0, 0.1) is 0 Å². The standard InChI is InChI=1S/C17H16Cl2N4O/c18-13-3-1-10(7-14(13)19)22-17(24)23-11-2-4-15(23)12-8-21-16(20)6-9(12)5-11/h1,3,6-8,11,15H,2,4-5H2,(H2,20,21)(H,22,24)/t11-,15+/m1/s1. The number of fused-ring (bicyclic) bond motifs is 4. The summed E-state index contributed by atoms with van der Waals surface area (Å²) in [5.41, 5.74) is 8.72. The molecule has 1 aromatic carbocycles. The van der Waals surface area contributed by atoms with E-state index in [0.717, 1.165) is 24.8 Å². The summed E-state index contributed by atoms with van der Waals surface area (Å²) in [6, 6.07) is 7.11. The Bertz CT molecular complexity index is 826. The van der Waals surface area contributed by atoms with Crippen LogP contribution in [0.15, 0.2) is 30.5 Å². The molecule has 0 saturated carbocycles. The average molecular weight is 363 g/mol. The lowest BCUT2D eigenvalue weighted by molar-refractivity contribution is 0.179. The second-order valence-corrected chi connectivity index (χ2v) is 7.04. The maximum Gasteiger partial charge on any atom is 0.322 e. The SMILES string of the molecule is Nc1cc2c(cn1)[C@@H]1CC[C@H](C2)N1C(=O)Nc1ccc(Cl)c(Cl)c1. The maximum absolute atomic E-state index is 12.8. The first-order valence-electron chi connectivity index (χ1n) is 7.81. The van der Waals surface area contributed by atoms with E-state index >= 15 is 0 Å². The maximum atomic E-state index is 12.8. The molecule has 2 aliphatic rings. The minimum Gasteiger partial charge on any atom is -0.384 e. The number of nitrogens with two attached hydrogens (primary N) is 1. The number of amides is 2. The van der Waals surface area contributed by atoms with Crippen LogP contribution in [0.25, 0.3) is 0 Å². The topological polar surface area (TPSA) is 71.2 Å². The fourth-order valence-corrected chi connectivity index (χ4v) is 4.01. The van der Waals surface area contributed by atoms with E-state index in [2.05, 4.69) is 10.3 Å². The molecular weight excluding hydrogens is 347 g/mol. The molecule has 0 unspecified atom stereocenters. The van der Waals surface area contributed by atoms with Crippen LogP contribution in [0.4, 0.5) is 16.3 Å². The van der Waals surface area contributed by atoms with Crippen molar-refractivity contribution in [3.05, 3.63) is 51.6 Å². The Morgan fingerprint density at radius 2 is 2.08 bits per heavy atom. The minimum atomic E-state index is -0.122. The Morgan fingerprint density at radius 3 is 2.88 bits per heavy atom. The van der Waals surface area contributed by atoms with Gasteiger partial charge in [0.05, 0.1) is 16.1 Å². The molecular formula is C17H16Cl2N4O. The molecule has 1 fully saturated rings. The second-order valence-electron chi connectivity index (χ2n) is 6.23. The molecule has 24 heavy (non-hydrogen) atoms. The Hall–Kier alpha value is -1.98. The highest BCUT2D eigenvalue weighted by molar-refractivity contribution is 6.42. The number of nitrogens with one attached hydrogen (secondary N) is 1. The lowest BCUT2D eigenvalue weighted by Crippen LogP contribution is -2.44. The normalized spacial score (nSPS) is 21.5. The van der Waals surface area contributed by atoms with Gasteiger partial charge in [0, 0.05) is 17.9 Å². The Morgan fingerprint density at radius 1 is 1.25 bits per heavy atom. The molecule has 2 aromatic rings. The minimum absolute atomic E-state index is 0.0506. The third kappa shape index (κ3) is 2.58. The highest BCUT2D eigenvalue weighted by Crippen LogP contribution is 2.44. The highest BCUT2D eigenvalue weighted by Gasteiger charge is 2.42. The van der Waals surface area contributed by atoms with Crippen LogP contribution in [0.2, 0.25) is 10.0 Å². The summed E-state index contributed by atoms with van der Waals surface area (Å²) in [5, 5.41) is 3.80. The molecule has 2 amide bonds. The van der Waals surface area contributed by atoms with Crippen LogP contribution in [-0.4, -0.2) is 22.0 Å². The van der Waals surface area contributed by atoms with Crippen LogP contribution in [0.3, 0.4) is 0 Å². The summed E-state index contributed by atoms with van der Waals surface area (Å²) >= 11 is 11.9. The predicted molar refractivity (Wildman–Crippen MR) is 95.4 cm³/mol. The van der Waals surface area contributed by atoms with Crippen LogP contribution >= 0.6 is 23.2 Å². The van der Waals surface area contributed by atoms with Gasteiger partial charge in [0.25, 0.3) is 0 Å². The molecule has 4 rings (SSSR count). The van der Waals surface area contributed by atoms with Crippen LogP contribution in [-0.2, 0) is 6.42 Å². The van der Waals surface area contributed by atoms with E-state index in [4.69, 9.17) is 28.9 Å². The first-order valence-corrected chi connectivity index (χ1v) is 8.57. The first kappa shape index (κ1) is 15.5. The van der Waals surface area contributed by atoms with Gasteiger partial charge in [-0.1, -0.05) is 23.2 Å². The number of halogens is 2. The average Bonchev–Trinajstić information content (AvgIpc) is 2.86. The van der Waals surface area contributed by atoms with E-state index in [1.807, 2.05) is 11.0 Å². The van der Waals surface area contributed by atoms with E-state index in [9.17, 15) is 4.79 Å². The van der Waals surface area contributed by atoms with Crippen molar-refractivity contribution >= 4 is 40.7 Å². The van der Waals surface area contributed by atoms with Gasteiger partial charge in [0.1, 0.15) is 5.82 Å². The molecule has 2 bridgehead atoms. The zero-order chi connectivity index (χ0) is 16.8. The number of pyridine rings is 1. The lowest BCUT2D eigenvalue weighted by atomic mass is 9.95. The van der Waals surface area contributed by atoms with Gasteiger partial charge in [-0.15, -0.1) is 0 Å². The monoisotopic (exact) mass is 362 g/mol. The molecule has 124 valence electrons. The van der Waals surface area contributed by atoms with Crippen LogP contribution < -0.4 is 11.1 Å². The van der Waals surface area contributed by atoms with E-state index in [-0.39, 0.29) is 18.1 Å². The van der Waals surface area contributed by atoms with Gasteiger partial charge in [0.15, 0.2) is 0 Å². The Balaban J connectivity index is 1.59. The molecule has 1 aromatic heterocycles. The zero-order valence-electron chi connectivity index (χ0n) is 12.8. The number of benzene rings is 1. The predicted octanol–water partition coefficient (Wildman–Crippen LogP) is 4.26. The number of carbonyl (C=O) groups excluding carboxylic acids is 1. The quantitative estimate of drug-likeness (QED) is 0.795. The van der Waals surface area contributed by atoms with Crippen molar-refractivity contribution < 1.29 is 4.79 Å². The second kappa shape index (κ2) is 5.83. The molecule has 3 heterocycles. The summed E-state index contributed by atoms with van der Waals surface area (Å²) in [5.74, 6) is 0.529. The number of carbonyl (C=O) groups is 1. The zero-order valence-corrected chi connectivity index (χ0v) is 14.3. The van der Waals surface area contributed by atoms with E-state index in [0.29, 0.717) is 21.6 Å². The lowest BCUT2D eigenvalue weighted by Gasteiger charge is -2.36. The number of hydrogen-bond donors (Lipinski definition) is 2. The summed E-state index contributed by atoms with van der Waals surface area (Å²) in [6.07, 6.45) is 4.54. The first-order chi connectivity index (χ1) is 11.5. The number of hydrogen-bond acceptors (Lipinski definition) is 3. The fraction of sp³-hybridized carbons (Fsp3) is 0.294. The largest absolute Gasteiger partial charge is 0.384 e.